The minimum absolute atomic E-state index is 0.0938. The van der Waals surface area contributed by atoms with Crippen molar-refractivity contribution < 1.29 is 96.9 Å². The third-order valence-corrected chi connectivity index (χ3v) is 10.6. The second-order valence-electron chi connectivity index (χ2n) is 23.2. The van der Waals surface area contributed by atoms with Crippen molar-refractivity contribution in [2.75, 3.05) is 19.7 Å². The molecule has 6 amide bonds. The van der Waals surface area contributed by atoms with E-state index >= 15 is 0 Å². The van der Waals surface area contributed by atoms with E-state index in [9.17, 15) is 54.3 Å². The number of aliphatic hydroxyl groups is 5. The first-order valence-electron chi connectivity index (χ1n) is 24.5. The summed E-state index contributed by atoms with van der Waals surface area (Å²) >= 11 is 0. The van der Waals surface area contributed by atoms with Gasteiger partial charge in [-0.2, -0.15) is 0 Å². The number of amides is 6. The van der Waals surface area contributed by atoms with Crippen molar-refractivity contribution in [2.45, 2.75) is 243 Å². The summed E-state index contributed by atoms with van der Waals surface area (Å²) in [5.41, 5.74) is -4.64. The lowest BCUT2D eigenvalue weighted by Crippen LogP contribution is -2.70. The second kappa shape index (κ2) is 25.8. The van der Waals surface area contributed by atoms with Gasteiger partial charge in [0.1, 0.15) is 70.7 Å². The van der Waals surface area contributed by atoms with Crippen LogP contribution in [-0.2, 0) is 47.4 Å². The number of carbonyl (C=O) groups excluding carboxylic acids is 6. The van der Waals surface area contributed by atoms with Crippen molar-refractivity contribution >= 4 is 36.4 Å². The number of carbonyl (C=O) groups is 6. The van der Waals surface area contributed by atoms with Gasteiger partial charge in [-0.05, 0) is 130 Å². The normalized spacial score (nSPS) is 29.6. The number of nitrogens with one attached hydrogen (secondary N) is 6. The highest BCUT2D eigenvalue weighted by molar-refractivity contribution is 5.81. The molecule has 3 rings (SSSR count). The summed E-state index contributed by atoms with van der Waals surface area (Å²) in [4.78, 5) is 78.6. The standard InChI is InChI=1S/C47H84N6O20/c1-43(2,3)69-38(60)48-19-18-27(55)35(59)50-25-20-26(52-41(63)72-46(10,11)12)34(32(58)33(25)68-37-31(57)29(30(56)28(22-54)66-37)53-42(64)73-47(13,14)15)67-36-24(51-40(62)71-45(7,8)9)17-16-23(65-36)21-49-39(61)70-44(4,5)6/h23-34,36-37,54-58H,16-22H2,1-15H3,(H,48,60)(H,49,61)(H,50,59)(H,51,62)(H,52,63)(H,53,64)/t23?,24?,25-,26+,27+,28?,29+,30+,31?,32?,33-,34?,36+,37+/m1/s1. The zero-order valence-electron chi connectivity index (χ0n) is 44.9. The monoisotopic (exact) mass is 1050 g/mol. The summed E-state index contributed by atoms with van der Waals surface area (Å²) in [6.45, 7) is 23.4. The lowest BCUT2D eigenvalue weighted by atomic mass is 9.83. The van der Waals surface area contributed by atoms with E-state index in [1.807, 2.05) is 0 Å². The molecule has 73 heavy (non-hydrogen) atoms. The first kappa shape index (κ1) is 62.8. The quantitative estimate of drug-likeness (QED) is 0.103. The minimum Gasteiger partial charge on any atom is -0.444 e. The Bertz CT molecular complexity index is 1840. The molecule has 2 aliphatic heterocycles. The van der Waals surface area contributed by atoms with Crippen LogP contribution in [-0.4, -0.2) is 195 Å². The lowest BCUT2D eigenvalue weighted by molar-refractivity contribution is -0.316. The van der Waals surface area contributed by atoms with Gasteiger partial charge >= 0.3 is 30.5 Å². The molecule has 1 saturated carbocycles. The lowest BCUT2D eigenvalue weighted by Gasteiger charge is -2.49. The Hall–Kier alpha value is -4.54. The van der Waals surface area contributed by atoms with Crippen LogP contribution in [0.1, 0.15) is 130 Å². The van der Waals surface area contributed by atoms with E-state index in [0.29, 0.717) is 0 Å². The van der Waals surface area contributed by atoms with E-state index in [2.05, 4.69) is 31.9 Å². The van der Waals surface area contributed by atoms with Crippen LogP contribution in [0, 0.1) is 0 Å². The number of ether oxygens (including phenoxy) is 9. The summed E-state index contributed by atoms with van der Waals surface area (Å²) < 4.78 is 52.1. The largest absolute Gasteiger partial charge is 0.444 e. The second-order valence-corrected chi connectivity index (χ2v) is 23.2. The summed E-state index contributed by atoms with van der Waals surface area (Å²) in [5, 5.41) is 72.3. The van der Waals surface area contributed by atoms with Crippen molar-refractivity contribution in [3.63, 3.8) is 0 Å². The van der Waals surface area contributed by atoms with Crippen LogP contribution in [0.2, 0.25) is 0 Å². The van der Waals surface area contributed by atoms with Crippen LogP contribution in [0.15, 0.2) is 0 Å². The summed E-state index contributed by atoms with van der Waals surface area (Å²) in [6.07, 6.45) is -21.3. The first-order valence-corrected chi connectivity index (χ1v) is 24.5. The Balaban J connectivity index is 2.12. The molecule has 6 unspecified atom stereocenters. The fourth-order valence-electron chi connectivity index (χ4n) is 7.70. The Labute approximate surface area is 427 Å². The van der Waals surface area contributed by atoms with Crippen LogP contribution < -0.4 is 31.9 Å². The maximum Gasteiger partial charge on any atom is 0.408 e. The molecule has 3 aliphatic rings. The van der Waals surface area contributed by atoms with Crippen LogP contribution in [0.5, 0.6) is 0 Å². The molecular weight excluding hydrogens is 969 g/mol. The van der Waals surface area contributed by atoms with Crippen molar-refractivity contribution in [1.82, 2.24) is 31.9 Å². The van der Waals surface area contributed by atoms with Gasteiger partial charge in [0.15, 0.2) is 12.6 Å². The van der Waals surface area contributed by atoms with Gasteiger partial charge in [-0.1, -0.05) is 0 Å². The van der Waals surface area contributed by atoms with Crippen LogP contribution in [0.3, 0.4) is 0 Å². The number of aliphatic hydroxyl groups excluding tert-OH is 5. The van der Waals surface area contributed by atoms with Gasteiger partial charge in [0.05, 0.1) is 36.9 Å². The van der Waals surface area contributed by atoms with Crippen LogP contribution in [0.4, 0.5) is 24.0 Å². The van der Waals surface area contributed by atoms with E-state index in [4.69, 9.17) is 42.6 Å². The zero-order valence-corrected chi connectivity index (χ0v) is 44.9. The molecule has 0 aromatic carbocycles. The Morgan fingerprint density at radius 2 is 0.973 bits per heavy atom. The Morgan fingerprint density at radius 1 is 0.534 bits per heavy atom. The maximum atomic E-state index is 13.8. The average Bonchev–Trinajstić information content (AvgIpc) is 3.19. The molecule has 2 saturated heterocycles. The fraction of sp³-hybridized carbons (Fsp3) is 0.872. The number of hydrogen-bond donors (Lipinski definition) is 11. The first-order chi connectivity index (χ1) is 33.3. The predicted molar refractivity (Wildman–Crippen MR) is 257 cm³/mol. The zero-order chi connectivity index (χ0) is 55.6. The van der Waals surface area contributed by atoms with Crippen molar-refractivity contribution in [3.05, 3.63) is 0 Å². The number of rotatable bonds is 15. The third-order valence-electron chi connectivity index (χ3n) is 10.6. The van der Waals surface area contributed by atoms with Crippen LogP contribution in [0.25, 0.3) is 0 Å². The molecule has 0 bridgehead atoms. The molecule has 26 heteroatoms. The molecule has 14 atom stereocenters. The van der Waals surface area contributed by atoms with Gasteiger partial charge in [0.2, 0.25) is 5.91 Å². The number of alkyl carbamates (subject to hydrolysis) is 5. The van der Waals surface area contributed by atoms with Gasteiger partial charge in [-0.25, -0.2) is 24.0 Å². The topological polar surface area (TPSA) is 359 Å². The number of hydrogen-bond acceptors (Lipinski definition) is 20. The molecule has 0 aromatic heterocycles. The van der Waals surface area contributed by atoms with Gasteiger partial charge in [-0.15, -0.1) is 0 Å². The van der Waals surface area contributed by atoms with Gasteiger partial charge in [0, 0.05) is 13.1 Å². The fourth-order valence-corrected chi connectivity index (χ4v) is 7.70. The van der Waals surface area contributed by atoms with Gasteiger partial charge < -0.3 is 100 Å². The van der Waals surface area contributed by atoms with Crippen molar-refractivity contribution in [1.29, 1.82) is 0 Å². The van der Waals surface area contributed by atoms with Crippen LogP contribution >= 0.6 is 0 Å². The minimum atomic E-state index is -2.00. The molecule has 11 N–H and O–H groups in total. The van der Waals surface area contributed by atoms with Crippen molar-refractivity contribution in [2.24, 2.45) is 0 Å². The molecule has 0 radical (unpaired) electrons. The molecule has 26 nitrogen and oxygen atoms in total. The highest BCUT2D eigenvalue weighted by Crippen LogP contribution is 2.34. The van der Waals surface area contributed by atoms with Crippen molar-refractivity contribution in [3.8, 4) is 0 Å². The molecule has 1 aliphatic carbocycles. The molecule has 2 heterocycles. The molecule has 422 valence electrons. The van der Waals surface area contributed by atoms with E-state index in [-0.39, 0.29) is 32.4 Å². The highest BCUT2D eigenvalue weighted by atomic mass is 16.7. The molecule has 0 spiro atoms. The molecule has 0 aromatic rings. The van der Waals surface area contributed by atoms with Gasteiger partial charge in [-0.3, -0.25) is 4.79 Å². The maximum absolute atomic E-state index is 13.8. The highest BCUT2D eigenvalue weighted by Gasteiger charge is 2.54. The smallest absolute Gasteiger partial charge is 0.408 e. The van der Waals surface area contributed by atoms with Gasteiger partial charge in [0.25, 0.3) is 0 Å². The van der Waals surface area contributed by atoms with E-state index in [1.165, 1.54) is 0 Å². The van der Waals surface area contributed by atoms with E-state index < -0.39 is 163 Å². The third kappa shape index (κ3) is 22.1. The SMILES string of the molecule is CC(C)(C)OC(=O)NCC[C@H](O)C(=O)N[C@@H]1C[C@H](NC(=O)OC(C)(C)C)C(O[C@@H]2OC(CNC(=O)OC(C)(C)C)CCC2NC(=O)OC(C)(C)C)C(O)[C@@H]1O[C@@H]1OC(CO)[C@H](O)[C@H](NC(=O)OC(C)(C)C)C1O. The molecule has 3 fully saturated rings. The average molecular weight is 1050 g/mol. The summed E-state index contributed by atoms with van der Waals surface area (Å²) in [6, 6.07) is -5.39. The Morgan fingerprint density at radius 3 is 1.47 bits per heavy atom. The molecular formula is C47H84N6O20. The predicted octanol–water partition coefficient (Wildman–Crippen LogP) is 1.43. The summed E-state index contributed by atoms with van der Waals surface area (Å²) in [5.74, 6) is -1.04. The Kier molecular flexibility index (Phi) is 22.2. The summed E-state index contributed by atoms with van der Waals surface area (Å²) in [7, 11) is 0. The van der Waals surface area contributed by atoms with E-state index in [0.717, 1.165) is 0 Å². The van der Waals surface area contributed by atoms with E-state index in [1.54, 1.807) is 104 Å².